The summed E-state index contributed by atoms with van der Waals surface area (Å²) in [5.41, 5.74) is 15.5. The minimum absolute atomic E-state index is 0.722. The number of rotatable bonds is 4. The molecule has 2 radical (unpaired) electrons. The molecule has 0 atom stereocenters. The molecule has 52 heavy (non-hydrogen) atoms. The normalized spacial score (nSPS) is 16.1. The van der Waals surface area contributed by atoms with Gasteiger partial charge in [0.1, 0.15) is 30.4 Å². The maximum absolute atomic E-state index is 6.43. The number of aromatic nitrogens is 1. The van der Waals surface area contributed by atoms with E-state index in [0.29, 0.717) is 0 Å². The largest absolute Gasteiger partial charge is 0.460 e. The number of furan rings is 2. The highest BCUT2D eigenvalue weighted by atomic mass is 16.3. The zero-order chi connectivity index (χ0) is 34.3. The third-order valence-electron chi connectivity index (χ3n) is 11.1. The summed E-state index contributed by atoms with van der Waals surface area (Å²) in [6, 6.07) is 36.8. The van der Waals surface area contributed by atoms with Crippen LogP contribution in [0.25, 0.3) is 66.7 Å². The first kappa shape index (κ1) is 29.5. The van der Waals surface area contributed by atoms with Gasteiger partial charge in [0.15, 0.2) is 0 Å². The highest BCUT2D eigenvalue weighted by molar-refractivity contribution is 6.22. The standard InChI is InChI=1S/C46H32BN3O2/c47-25-29(21-30-27-49(40-10-4-1-7-33(30)40)31-14-17-45-38(23-31)39-26-48-20-19-46(39)52-45)28-13-16-43-36(22-28)37-24-32(15-18-44(37)51-43)50-41-11-5-2-8-34(41)35-9-3-6-12-42(35)50/h1-2,4-8,10-18,21-26H,3,9,19-20,27H2/b29-25+,30-21+. The van der Waals surface area contributed by atoms with Crippen LogP contribution in [0.3, 0.4) is 0 Å². The lowest BCUT2D eigenvalue weighted by Gasteiger charge is -2.19. The molecule has 6 heteroatoms. The van der Waals surface area contributed by atoms with Crippen LogP contribution in [0.1, 0.15) is 40.1 Å². The zero-order valence-electron chi connectivity index (χ0n) is 28.5. The summed E-state index contributed by atoms with van der Waals surface area (Å²) in [5, 5.41) is 4.60. The molecule has 1 aliphatic carbocycles. The van der Waals surface area contributed by atoms with Crippen molar-refractivity contribution in [2.45, 2.75) is 19.3 Å². The molecule has 0 N–H and O–H groups in total. The van der Waals surface area contributed by atoms with E-state index in [1.807, 2.05) is 6.21 Å². The van der Waals surface area contributed by atoms with Gasteiger partial charge in [-0.1, -0.05) is 48.5 Å². The number of allylic oxidation sites excluding steroid dienone is 3. The minimum atomic E-state index is 0.722. The van der Waals surface area contributed by atoms with Gasteiger partial charge in [0, 0.05) is 81.2 Å². The number of para-hydroxylation sites is 2. The van der Waals surface area contributed by atoms with Crippen molar-refractivity contribution in [3.63, 3.8) is 0 Å². The molecule has 0 saturated heterocycles. The molecule has 5 nitrogen and oxygen atoms in total. The van der Waals surface area contributed by atoms with Crippen LogP contribution in [0.15, 0.2) is 135 Å². The monoisotopic (exact) mass is 669 g/mol. The third-order valence-corrected chi connectivity index (χ3v) is 11.1. The molecule has 0 unspecified atom stereocenters. The number of aliphatic imine (C=N–C) groups is 1. The molecule has 2 aliphatic heterocycles. The molecule has 0 spiro atoms. The fourth-order valence-corrected chi connectivity index (χ4v) is 8.61. The lowest BCUT2D eigenvalue weighted by molar-refractivity contribution is 0.547. The van der Waals surface area contributed by atoms with Crippen molar-refractivity contribution < 1.29 is 8.83 Å². The van der Waals surface area contributed by atoms with Gasteiger partial charge in [-0.3, -0.25) is 4.99 Å². The van der Waals surface area contributed by atoms with Crippen LogP contribution in [0, 0.1) is 0 Å². The second-order valence-corrected chi connectivity index (χ2v) is 14.0. The van der Waals surface area contributed by atoms with E-state index in [2.05, 4.69) is 136 Å². The van der Waals surface area contributed by atoms with Gasteiger partial charge in [-0.25, -0.2) is 0 Å². The fraction of sp³-hybridized carbons (Fsp3) is 0.109. The summed E-state index contributed by atoms with van der Waals surface area (Å²) in [6.45, 7) is 1.50. The summed E-state index contributed by atoms with van der Waals surface area (Å²) in [5.74, 6) is 2.75. The summed E-state index contributed by atoms with van der Waals surface area (Å²) in [6.07, 6.45) is 11.7. The van der Waals surface area contributed by atoms with E-state index < -0.39 is 0 Å². The fourth-order valence-electron chi connectivity index (χ4n) is 8.61. The topological polar surface area (TPSA) is 46.8 Å². The van der Waals surface area contributed by atoms with Gasteiger partial charge in [0.2, 0.25) is 0 Å². The number of fused-ring (bicyclic) bond motifs is 10. The number of anilines is 2. The van der Waals surface area contributed by atoms with Gasteiger partial charge in [-0.2, -0.15) is 0 Å². The highest BCUT2D eigenvalue weighted by Gasteiger charge is 2.26. The van der Waals surface area contributed by atoms with Crippen molar-refractivity contribution in [1.29, 1.82) is 0 Å². The molecule has 8 aromatic rings. The van der Waals surface area contributed by atoms with Crippen molar-refractivity contribution in [3.8, 4) is 5.69 Å². The third kappa shape index (κ3) is 4.40. The van der Waals surface area contributed by atoms with Gasteiger partial charge in [-0.05, 0) is 108 Å². The summed E-state index contributed by atoms with van der Waals surface area (Å²) < 4.78 is 15.0. The van der Waals surface area contributed by atoms with E-state index >= 15 is 0 Å². The van der Waals surface area contributed by atoms with E-state index in [1.54, 1.807) is 5.98 Å². The van der Waals surface area contributed by atoms with E-state index in [4.69, 9.17) is 16.7 Å². The second kappa shape index (κ2) is 11.4. The molecule has 0 amide bonds. The zero-order valence-corrected chi connectivity index (χ0v) is 28.5. The van der Waals surface area contributed by atoms with Crippen molar-refractivity contribution in [2.24, 2.45) is 4.99 Å². The smallest absolute Gasteiger partial charge is 0.135 e. The van der Waals surface area contributed by atoms with Crippen LogP contribution in [-0.2, 0) is 12.8 Å². The highest BCUT2D eigenvalue weighted by Crippen LogP contribution is 2.43. The first-order valence-corrected chi connectivity index (χ1v) is 18.0. The maximum Gasteiger partial charge on any atom is 0.135 e. The molecule has 3 aromatic heterocycles. The molecule has 246 valence electrons. The van der Waals surface area contributed by atoms with Crippen LogP contribution < -0.4 is 4.90 Å². The van der Waals surface area contributed by atoms with Gasteiger partial charge in [0.05, 0.1) is 5.52 Å². The van der Waals surface area contributed by atoms with Crippen molar-refractivity contribution >= 4 is 86.5 Å². The number of nitrogens with zero attached hydrogens (tertiary/aromatic N) is 3. The van der Waals surface area contributed by atoms with Crippen LogP contribution in [0.2, 0.25) is 0 Å². The van der Waals surface area contributed by atoms with E-state index in [-0.39, 0.29) is 0 Å². The van der Waals surface area contributed by atoms with Crippen LogP contribution in [0.5, 0.6) is 0 Å². The Labute approximate surface area is 301 Å². The van der Waals surface area contributed by atoms with Crippen molar-refractivity contribution in [3.05, 3.63) is 155 Å². The first-order valence-electron chi connectivity index (χ1n) is 18.0. The molecule has 5 heterocycles. The van der Waals surface area contributed by atoms with E-state index in [9.17, 15) is 0 Å². The minimum Gasteiger partial charge on any atom is -0.460 e. The summed E-state index contributed by atoms with van der Waals surface area (Å²) >= 11 is 0. The molecular weight excluding hydrogens is 637 g/mol. The van der Waals surface area contributed by atoms with Gasteiger partial charge in [-0.15, -0.1) is 5.98 Å². The molecule has 0 saturated carbocycles. The second-order valence-electron chi connectivity index (χ2n) is 14.0. The molecule has 3 aliphatic rings. The van der Waals surface area contributed by atoms with Gasteiger partial charge >= 0.3 is 0 Å². The number of aryl methyl sites for hydroxylation is 1. The molecular formula is C46H32BN3O2. The Morgan fingerprint density at radius 2 is 1.54 bits per heavy atom. The Bertz CT molecular complexity index is 2910. The Hall–Kier alpha value is -6.27. The van der Waals surface area contributed by atoms with Gasteiger partial charge in [0.25, 0.3) is 0 Å². The SMILES string of the molecule is [B]/C=C(\C=C1/CN(c2ccc3oc4c(c3c2)C=NCC4)c2ccccc21)c1ccc2oc3ccc(-n4c5c(c6ccccc64)CCC=C5)cc3c2c1. The predicted molar refractivity (Wildman–Crippen MR) is 215 cm³/mol. The Morgan fingerprint density at radius 1 is 0.750 bits per heavy atom. The Morgan fingerprint density at radius 3 is 2.46 bits per heavy atom. The summed E-state index contributed by atoms with van der Waals surface area (Å²) in [7, 11) is 6.43. The maximum atomic E-state index is 6.43. The Balaban J connectivity index is 0.987. The summed E-state index contributed by atoms with van der Waals surface area (Å²) in [4.78, 5) is 6.90. The molecule has 5 aromatic carbocycles. The van der Waals surface area contributed by atoms with Crippen LogP contribution in [0.4, 0.5) is 11.4 Å². The Kier molecular flexibility index (Phi) is 6.44. The lowest BCUT2D eigenvalue weighted by atomic mass is 9.93. The predicted octanol–water partition coefficient (Wildman–Crippen LogP) is 11.0. The number of hydrogen-bond acceptors (Lipinski definition) is 4. The average Bonchev–Trinajstić information content (AvgIpc) is 3.95. The first-order chi connectivity index (χ1) is 25.7. The number of benzene rings is 5. The van der Waals surface area contributed by atoms with Gasteiger partial charge < -0.3 is 18.3 Å². The average molecular weight is 670 g/mol. The lowest BCUT2D eigenvalue weighted by Crippen LogP contribution is -2.12. The van der Waals surface area contributed by atoms with E-state index in [0.717, 1.165) is 99.1 Å². The van der Waals surface area contributed by atoms with Crippen molar-refractivity contribution in [1.82, 2.24) is 4.57 Å². The molecule has 0 fully saturated rings. The van der Waals surface area contributed by atoms with Crippen molar-refractivity contribution in [2.75, 3.05) is 18.0 Å². The molecule has 11 rings (SSSR count). The molecule has 0 bridgehead atoms. The quantitative estimate of drug-likeness (QED) is 0.175. The van der Waals surface area contributed by atoms with Crippen LogP contribution in [-0.4, -0.2) is 31.7 Å². The number of hydrogen-bond donors (Lipinski definition) is 0. The van der Waals surface area contributed by atoms with Crippen LogP contribution >= 0.6 is 0 Å². The van der Waals surface area contributed by atoms with E-state index in [1.165, 1.54) is 39.0 Å².